The molecule has 0 saturated carbocycles. The molecule has 1 heterocycles. The minimum Gasteiger partial charge on any atom is -0.399 e. The van der Waals surface area contributed by atoms with E-state index in [-0.39, 0.29) is 6.42 Å². The second kappa shape index (κ2) is 3.34. The van der Waals surface area contributed by atoms with Crippen molar-refractivity contribution < 1.29 is 14.4 Å². The van der Waals surface area contributed by atoms with Crippen molar-refractivity contribution >= 4 is 29.1 Å². The molecule has 6 heteroatoms. The molecule has 0 aliphatic carbocycles. The second-order valence-electron chi connectivity index (χ2n) is 3.46. The third-order valence-electron chi connectivity index (χ3n) is 2.35. The Kier molecular flexibility index (Phi) is 2.12. The Labute approximate surface area is 90.8 Å². The van der Waals surface area contributed by atoms with Gasteiger partial charge in [0.1, 0.15) is 0 Å². The van der Waals surface area contributed by atoms with Crippen molar-refractivity contribution in [2.24, 2.45) is 5.73 Å². The van der Waals surface area contributed by atoms with Crippen LogP contribution < -0.4 is 16.4 Å². The normalized spacial score (nSPS) is 13.8. The van der Waals surface area contributed by atoms with E-state index in [1.54, 1.807) is 12.1 Å². The Morgan fingerprint density at radius 1 is 1.31 bits per heavy atom. The molecule has 0 aromatic heterocycles. The molecular formula is C10H9N3O3. The number of primary amides is 1. The lowest BCUT2D eigenvalue weighted by molar-refractivity contribution is -0.137. The average molecular weight is 219 g/mol. The van der Waals surface area contributed by atoms with E-state index in [9.17, 15) is 14.4 Å². The number of rotatable bonds is 0. The number of anilines is 2. The summed E-state index contributed by atoms with van der Waals surface area (Å²) in [6, 6.07) is 4.68. The molecule has 0 atom stereocenters. The SMILES string of the molecule is NC(=O)C(=O)N1C(=O)Cc2cc(N)ccc21. The zero-order valence-electron chi connectivity index (χ0n) is 8.27. The molecule has 0 saturated heterocycles. The van der Waals surface area contributed by atoms with Gasteiger partial charge in [0.2, 0.25) is 5.91 Å². The maximum atomic E-state index is 11.5. The monoisotopic (exact) mass is 219 g/mol. The van der Waals surface area contributed by atoms with Crippen LogP contribution in [0.25, 0.3) is 0 Å². The molecule has 82 valence electrons. The van der Waals surface area contributed by atoms with Crippen LogP contribution in [0.4, 0.5) is 11.4 Å². The van der Waals surface area contributed by atoms with E-state index in [2.05, 4.69) is 0 Å². The molecule has 4 N–H and O–H groups in total. The van der Waals surface area contributed by atoms with Gasteiger partial charge in [0.25, 0.3) is 0 Å². The summed E-state index contributed by atoms with van der Waals surface area (Å²) in [5, 5.41) is 0. The van der Waals surface area contributed by atoms with Crippen LogP contribution in [0.3, 0.4) is 0 Å². The third kappa shape index (κ3) is 1.40. The van der Waals surface area contributed by atoms with Crippen LogP contribution in [0.15, 0.2) is 18.2 Å². The fraction of sp³-hybridized carbons (Fsp3) is 0.100. The van der Waals surface area contributed by atoms with Crippen molar-refractivity contribution in [3.05, 3.63) is 23.8 Å². The highest BCUT2D eigenvalue weighted by molar-refractivity contribution is 6.45. The van der Waals surface area contributed by atoms with E-state index in [1.807, 2.05) is 0 Å². The topological polar surface area (TPSA) is 106 Å². The highest BCUT2D eigenvalue weighted by Crippen LogP contribution is 2.30. The van der Waals surface area contributed by atoms with Crippen LogP contribution in [-0.2, 0) is 20.8 Å². The predicted octanol–water partition coefficient (Wildman–Crippen LogP) is -0.830. The van der Waals surface area contributed by atoms with Crippen molar-refractivity contribution in [2.45, 2.75) is 6.42 Å². The van der Waals surface area contributed by atoms with Gasteiger partial charge in [-0.25, -0.2) is 4.90 Å². The molecule has 1 aromatic carbocycles. The Balaban J connectivity index is 2.48. The number of hydrogen-bond donors (Lipinski definition) is 2. The molecule has 16 heavy (non-hydrogen) atoms. The molecule has 0 unspecified atom stereocenters. The van der Waals surface area contributed by atoms with Crippen molar-refractivity contribution in [1.29, 1.82) is 0 Å². The van der Waals surface area contributed by atoms with E-state index >= 15 is 0 Å². The summed E-state index contributed by atoms with van der Waals surface area (Å²) in [6.45, 7) is 0. The average Bonchev–Trinajstić information content (AvgIpc) is 2.51. The quantitative estimate of drug-likeness (QED) is 0.438. The number of nitrogen functional groups attached to an aromatic ring is 1. The number of nitrogens with two attached hydrogens (primary N) is 2. The predicted molar refractivity (Wildman–Crippen MR) is 56.2 cm³/mol. The summed E-state index contributed by atoms with van der Waals surface area (Å²) in [6.07, 6.45) is 0.0550. The molecule has 3 amide bonds. The highest BCUT2D eigenvalue weighted by Gasteiger charge is 2.34. The van der Waals surface area contributed by atoms with E-state index in [4.69, 9.17) is 11.5 Å². The van der Waals surface area contributed by atoms with Gasteiger partial charge in [0.05, 0.1) is 12.1 Å². The van der Waals surface area contributed by atoms with Crippen molar-refractivity contribution in [2.75, 3.05) is 10.6 Å². The summed E-state index contributed by atoms with van der Waals surface area (Å²) < 4.78 is 0. The number of hydrogen-bond acceptors (Lipinski definition) is 4. The van der Waals surface area contributed by atoms with Crippen molar-refractivity contribution in [3.8, 4) is 0 Å². The first-order valence-corrected chi connectivity index (χ1v) is 4.56. The zero-order chi connectivity index (χ0) is 11.9. The summed E-state index contributed by atoms with van der Waals surface area (Å²) in [7, 11) is 0. The number of benzene rings is 1. The molecule has 1 aromatic rings. The molecule has 1 aliphatic rings. The fourth-order valence-corrected chi connectivity index (χ4v) is 1.67. The molecule has 6 nitrogen and oxygen atoms in total. The molecule has 2 rings (SSSR count). The smallest absolute Gasteiger partial charge is 0.322 e. The molecule has 0 bridgehead atoms. The van der Waals surface area contributed by atoms with Crippen LogP contribution in [0.5, 0.6) is 0 Å². The van der Waals surface area contributed by atoms with Crippen LogP contribution in [0, 0.1) is 0 Å². The fourth-order valence-electron chi connectivity index (χ4n) is 1.67. The van der Waals surface area contributed by atoms with E-state index < -0.39 is 17.7 Å². The Hall–Kier alpha value is -2.37. The van der Waals surface area contributed by atoms with E-state index in [0.717, 1.165) is 4.90 Å². The largest absolute Gasteiger partial charge is 0.399 e. The van der Waals surface area contributed by atoms with Crippen molar-refractivity contribution in [3.63, 3.8) is 0 Å². The van der Waals surface area contributed by atoms with Gasteiger partial charge in [-0.05, 0) is 23.8 Å². The summed E-state index contributed by atoms with van der Waals surface area (Å²) in [4.78, 5) is 34.5. The highest BCUT2D eigenvalue weighted by atomic mass is 16.2. The van der Waals surface area contributed by atoms with Crippen LogP contribution in [0.2, 0.25) is 0 Å². The van der Waals surface area contributed by atoms with Crippen molar-refractivity contribution in [1.82, 2.24) is 0 Å². The summed E-state index contributed by atoms with van der Waals surface area (Å²) >= 11 is 0. The Morgan fingerprint density at radius 3 is 2.62 bits per heavy atom. The molecular weight excluding hydrogens is 210 g/mol. The van der Waals surface area contributed by atoms with Gasteiger partial charge in [0, 0.05) is 5.69 Å². The lowest BCUT2D eigenvalue weighted by Crippen LogP contribution is -2.42. The van der Waals surface area contributed by atoms with Gasteiger partial charge in [-0.1, -0.05) is 0 Å². The summed E-state index contributed by atoms with van der Waals surface area (Å²) in [5.74, 6) is -2.64. The Morgan fingerprint density at radius 2 is 2.00 bits per heavy atom. The van der Waals surface area contributed by atoms with Crippen LogP contribution in [0.1, 0.15) is 5.56 Å². The first-order chi connectivity index (χ1) is 7.50. The maximum absolute atomic E-state index is 11.5. The first-order valence-electron chi connectivity index (χ1n) is 4.56. The second-order valence-corrected chi connectivity index (χ2v) is 3.46. The van der Waals surface area contributed by atoms with Gasteiger partial charge in [-0.2, -0.15) is 0 Å². The number of nitrogens with zero attached hydrogens (tertiary/aromatic N) is 1. The molecule has 1 aliphatic heterocycles. The minimum absolute atomic E-state index is 0.0550. The van der Waals surface area contributed by atoms with Crippen LogP contribution >= 0.6 is 0 Å². The van der Waals surface area contributed by atoms with E-state index in [0.29, 0.717) is 16.9 Å². The number of carbonyl (C=O) groups is 3. The number of carbonyl (C=O) groups excluding carboxylic acids is 3. The lowest BCUT2D eigenvalue weighted by Gasteiger charge is -2.12. The molecule has 0 spiro atoms. The van der Waals surface area contributed by atoms with Crippen LogP contribution in [-0.4, -0.2) is 17.7 Å². The first kappa shape index (κ1) is 10.2. The maximum Gasteiger partial charge on any atom is 0.322 e. The molecule has 0 radical (unpaired) electrons. The van der Waals surface area contributed by atoms with Gasteiger partial charge in [-0.3, -0.25) is 14.4 Å². The lowest BCUT2D eigenvalue weighted by atomic mass is 10.1. The van der Waals surface area contributed by atoms with Gasteiger partial charge in [-0.15, -0.1) is 0 Å². The Bertz CT molecular complexity index is 510. The standard InChI is InChI=1S/C10H9N3O3/c11-6-1-2-7-5(3-6)4-8(14)13(7)10(16)9(12)15/h1-3H,4,11H2,(H2,12,15). The third-order valence-corrected chi connectivity index (χ3v) is 2.35. The van der Waals surface area contributed by atoms with Gasteiger partial charge in [0.15, 0.2) is 0 Å². The summed E-state index contributed by atoms with van der Waals surface area (Å²) in [5.41, 5.74) is 11.9. The zero-order valence-corrected chi connectivity index (χ0v) is 8.27. The molecule has 0 fully saturated rings. The van der Waals surface area contributed by atoms with E-state index in [1.165, 1.54) is 6.07 Å². The minimum atomic E-state index is -1.15. The number of imide groups is 1. The van der Waals surface area contributed by atoms with Gasteiger partial charge < -0.3 is 11.5 Å². The van der Waals surface area contributed by atoms with Gasteiger partial charge >= 0.3 is 11.8 Å². The number of amides is 3. The number of fused-ring (bicyclic) bond motifs is 1.